The number of benzene rings is 3. The van der Waals surface area contributed by atoms with Gasteiger partial charge in [0.25, 0.3) is 0 Å². The van der Waals surface area contributed by atoms with E-state index in [1.165, 1.54) is 18.2 Å². The molecule has 0 spiro atoms. The van der Waals surface area contributed by atoms with Crippen molar-refractivity contribution in [1.82, 2.24) is 0 Å². The molecule has 0 saturated carbocycles. The highest BCUT2D eigenvalue weighted by Gasteiger charge is 2.44. The van der Waals surface area contributed by atoms with Crippen molar-refractivity contribution in [1.29, 1.82) is 0 Å². The van der Waals surface area contributed by atoms with Crippen LogP contribution in [-0.2, 0) is 9.09 Å². The minimum absolute atomic E-state index is 0.0354. The molecule has 3 aromatic carbocycles. The van der Waals surface area contributed by atoms with Gasteiger partial charge in [-0.2, -0.15) is 0 Å². The molecule has 3 aromatic rings. The number of ether oxygens (including phenoxy) is 2. The van der Waals surface area contributed by atoms with E-state index in [9.17, 15) is 9.59 Å². The highest BCUT2D eigenvalue weighted by Crippen LogP contribution is 2.65. The fourth-order valence-corrected chi connectivity index (χ4v) is 7.99. The van der Waals surface area contributed by atoms with Gasteiger partial charge in [0.2, 0.25) is 0 Å². The molecule has 0 fully saturated rings. The Morgan fingerprint density at radius 3 is 2.14 bits per heavy atom. The van der Waals surface area contributed by atoms with Crippen LogP contribution in [-0.4, -0.2) is 11.9 Å². The molecule has 0 saturated heterocycles. The molecule has 8 nitrogen and oxygen atoms in total. The first-order valence-electron chi connectivity index (χ1n) is 14.0. The Bertz CT molecular complexity index is 1800. The maximum atomic E-state index is 15.2. The number of hydrogen-bond acceptors (Lipinski definition) is 8. The summed E-state index contributed by atoms with van der Waals surface area (Å²) in [5, 5.41) is 0.669. The predicted octanol–water partition coefficient (Wildman–Crippen LogP) is 6.92. The van der Waals surface area contributed by atoms with E-state index >= 15 is 4.57 Å². The Balaban J connectivity index is 1.46. The molecule has 0 radical (unpaired) electrons. The number of rotatable bonds is 5. The van der Waals surface area contributed by atoms with Crippen LogP contribution in [0.15, 0.2) is 113 Å². The number of allylic oxidation sites excluding steroid dienone is 7. The molecule has 218 valence electrons. The van der Waals surface area contributed by atoms with Gasteiger partial charge in [-0.05, 0) is 103 Å². The molecule has 43 heavy (non-hydrogen) atoms. The minimum atomic E-state index is -3.90. The molecule has 0 amide bonds. The molecule has 3 atom stereocenters. The van der Waals surface area contributed by atoms with Crippen LogP contribution in [0.1, 0.15) is 47.4 Å². The number of nitrogens with two attached hydrogens (primary N) is 2. The van der Waals surface area contributed by atoms with E-state index in [1.54, 1.807) is 48.5 Å². The first kappa shape index (κ1) is 28.3. The third-order valence-corrected chi connectivity index (χ3v) is 10.2. The quantitative estimate of drug-likeness (QED) is 0.141. The van der Waals surface area contributed by atoms with Crippen LogP contribution in [0.3, 0.4) is 0 Å². The summed E-state index contributed by atoms with van der Waals surface area (Å²) in [7, 11) is -3.90. The van der Waals surface area contributed by atoms with E-state index in [4.69, 9.17) is 25.5 Å². The lowest BCUT2D eigenvalue weighted by Crippen LogP contribution is -2.24. The zero-order valence-corrected chi connectivity index (χ0v) is 24.7. The lowest BCUT2D eigenvalue weighted by Gasteiger charge is -2.37. The van der Waals surface area contributed by atoms with Crippen LogP contribution < -0.4 is 26.2 Å². The Labute approximate surface area is 249 Å². The molecule has 2 aliphatic carbocycles. The average Bonchev–Trinajstić information content (AvgIpc) is 2.98. The van der Waals surface area contributed by atoms with E-state index in [0.717, 1.165) is 17.6 Å². The van der Waals surface area contributed by atoms with Gasteiger partial charge in [-0.15, -0.1) is 0 Å². The zero-order chi connectivity index (χ0) is 30.3. The molecule has 0 bridgehead atoms. The molecule has 9 heteroatoms. The first-order valence-corrected chi connectivity index (χ1v) is 15.7. The van der Waals surface area contributed by atoms with E-state index in [0.29, 0.717) is 34.4 Å². The number of esters is 2. The van der Waals surface area contributed by atoms with Crippen molar-refractivity contribution in [3.05, 3.63) is 124 Å². The summed E-state index contributed by atoms with van der Waals surface area (Å²) in [5.74, 6) is -0.160. The van der Waals surface area contributed by atoms with Gasteiger partial charge in [-0.25, -0.2) is 9.59 Å². The van der Waals surface area contributed by atoms with Crippen molar-refractivity contribution in [2.45, 2.75) is 26.7 Å². The smallest absolute Gasteiger partial charge is 0.343 e. The van der Waals surface area contributed by atoms with Gasteiger partial charge >= 0.3 is 19.3 Å². The number of fused-ring (bicyclic) bond motifs is 1. The van der Waals surface area contributed by atoms with E-state index < -0.39 is 19.3 Å². The second-order valence-corrected chi connectivity index (χ2v) is 13.3. The van der Waals surface area contributed by atoms with E-state index in [2.05, 4.69) is 13.8 Å². The van der Waals surface area contributed by atoms with Crippen LogP contribution in [0.5, 0.6) is 11.5 Å². The van der Waals surface area contributed by atoms with Crippen molar-refractivity contribution in [2.24, 2.45) is 11.8 Å². The Morgan fingerprint density at radius 1 is 0.860 bits per heavy atom. The average molecular weight is 595 g/mol. The number of carbonyl (C=O) groups excluding carboxylic acids is 2. The lowest BCUT2D eigenvalue weighted by molar-refractivity contribution is 0.0720. The van der Waals surface area contributed by atoms with Gasteiger partial charge in [0.1, 0.15) is 17.3 Å². The Morgan fingerprint density at radius 2 is 1.49 bits per heavy atom. The molecule has 3 aliphatic rings. The number of carbonyl (C=O) groups is 2. The van der Waals surface area contributed by atoms with Crippen molar-refractivity contribution >= 4 is 36.0 Å². The Kier molecular flexibility index (Phi) is 7.32. The van der Waals surface area contributed by atoms with Gasteiger partial charge in [0.05, 0.1) is 21.7 Å². The van der Waals surface area contributed by atoms with Gasteiger partial charge in [0.15, 0.2) is 0 Å². The maximum Gasteiger partial charge on any atom is 0.343 e. The summed E-state index contributed by atoms with van der Waals surface area (Å²) >= 11 is 0. The summed E-state index contributed by atoms with van der Waals surface area (Å²) in [6, 6.07) is 17.0. The highest BCUT2D eigenvalue weighted by atomic mass is 31.2. The van der Waals surface area contributed by atoms with E-state index in [-0.39, 0.29) is 34.2 Å². The maximum absolute atomic E-state index is 15.2. The van der Waals surface area contributed by atoms with Crippen molar-refractivity contribution in [2.75, 3.05) is 11.5 Å². The molecule has 6 rings (SSSR count). The molecule has 1 aliphatic heterocycles. The van der Waals surface area contributed by atoms with Gasteiger partial charge in [-0.3, -0.25) is 4.57 Å². The number of anilines is 2. The first-order chi connectivity index (χ1) is 20.6. The van der Waals surface area contributed by atoms with Crippen LogP contribution in [0.4, 0.5) is 11.4 Å². The lowest BCUT2D eigenvalue weighted by atomic mass is 9.81. The molecule has 1 heterocycles. The normalized spacial score (nSPS) is 22.4. The summed E-state index contributed by atoms with van der Waals surface area (Å²) in [4.78, 5) is 26.2. The third kappa shape index (κ3) is 5.42. The van der Waals surface area contributed by atoms with Crippen LogP contribution in [0.25, 0.3) is 0 Å². The van der Waals surface area contributed by atoms with Crippen molar-refractivity contribution < 1.29 is 28.2 Å². The predicted molar refractivity (Wildman–Crippen MR) is 166 cm³/mol. The topological polar surface area (TPSA) is 131 Å². The van der Waals surface area contributed by atoms with Crippen LogP contribution in [0, 0.1) is 11.8 Å². The van der Waals surface area contributed by atoms with Gasteiger partial charge < -0.3 is 25.5 Å². The summed E-state index contributed by atoms with van der Waals surface area (Å²) in [5.41, 5.74) is 15.1. The van der Waals surface area contributed by atoms with Gasteiger partial charge in [-0.1, -0.05) is 32.1 Å². The standard InChI is InChI=1S/C34H31N2O6P/c1-20-6-17-30-27(18-20)32-21(2)4-3-5-29(32)42-43(30,39)31-19-26(40-33(37)22-7-11-24(35)12-8-22)15-16-28(31)41-34(38)23-9-13-25(36)14-10-23/h3,5-17,19-21H,4,18,35-36H2,1-2H3. The highest BCUT2D eigenvalue weighted by molar-refractivity contribution is 7.71. The molecular weight excluding hydrogens is 563 g/mol. The fourth-order valence-electron chi connectivity index (χ4n) is 5.54. The van der Waals surface area contributed by atoms with Crippen molar-refractivity contribution in [3.63, 3.8) is 0 Å². The molecule has 0 aromatic heterocycles. The second kappa shape index (κ2) is 11.1. The summed E-state index contributed by atoms with van der Waals surface area (Å²) in [6.07, 6.45) is 9.28. The Hall–Kier alpha value is -4.81. The van der Waals surface area contributed by atoms with Crippen molar-refractivity contribution in [3.8, 4) is 11.5 Å². The zero-order valence-electron chi connectivity index (χ0n) is 23.8. The SMILES string of the molecule is CC1C=CC2=C(C1)C1=C(C=CCC1C)OP2(=O)c1cc(OC(=O)c2ccc(N)cc2)ccc1OC(=O)c1ccc(N)cc1. The van der Waals surface area contributed by atoms with Gasteiger partial charge in [0, 0.05) is 16.9 Å². The van der Waals surface area contributed by atoms with Crippen LogP contribution >= 0.6 is 7.37 Å². The second-order valence-electron chi connectivity index (χ2n) is 11.0. The molecule has 4 N–H and O–H groups in total. The van der Waals surface area contributed by atoms with E-state index in [1.807, 2.05) is 24.3 Å². The third-order valence-electron chi connectivity index (χ3n) is 7.76. The molecular formula is C34H31N2O6P. The summed E-state index contributed by atoms with van der Waals surface area (Å²) in [6.45, 7) is 4.24. The number of hydrogen-bond donors (Lipinski definition) is 2. The number of nitrogen functional groups attached to an aromatic ring is 2. The fraction of sp³-hybridized carbons (Fsp3) is 0.176. The molecule has 3 unspecified atom stereocenters. The monoisotopic (exact) mass is 594 g/mol. The summed E-state index contributed by atoms with van der Waals surface area (Å²) < 4.78 is 33.2. The minimum Gasteiger partial charge on any atom is -0.436 e. The van der Waals surface area contributed by atoms with Crippen LogP contribution in [0.2, 0.25) is 0 Å². The largest absolute Gasteiger partial charge is 0.436 e.